The van der Waals surface area contributed by atoms with E-state index < -0.39 is 12.6 Å². The molecule has 0 unspecified atom stereocenters. The van der Waals surface area contributed by atoms with Crippen molar-refractivity contribution in [1.82, 2.24) is 0 Å². The van der Waals surface area contributed by atoms with Crippen LogP contribution in [0.2, 0.25) is 0 Å². The summed E-state index contributed by atoms with van der Waals surface area (Å²) in [4.78, 5) is 22.0. The summed E-state index contributed by atoms with van der Waals surface area (Å²) >= 11 is 0. The monoisotopic (exact) mass is 279 g/mol. The first-order valence-corrected chi connectivity index (χ1v) is 6.46. The van der Waals surface area contributed by atoms with Gasteiger partial charge >= 0.3 is 5.97 Å². The van der Waals surface area contributed by atoms with Crippen LogP contribution >= 0.6 is 0 Å². The number of hydrogen-bond donors (Lipinski definition) is 2. The third-order valence-corrected chi connectivity index (χ3v) is 2.76. The van der Waals surface area contributed by atoms with Gasteiger partial charge in [-0.15, -0.1) is 0 Å². The zero-order valence-corrected chi connectivity index (χ0v) is 11.0. The average Bonchev–Trinajstić information content (AvgIpc) is 3.21. The molecule has 108 valence electrons. The standard InChI is InChI=1S/C14H17NO5/c16-13(8-19-7-10-4-5-10)15-11-2-1-3-12(6-11)20-9-14(17)18/h1-3,6,10H,4-5,7-9H2,(H,15,16)(H,17,18). The smallest absolute Gasteiger partial charge is 0.341 e. The molecule has 1 saturated carbocycles. The molecule has 0 aliphatic heterocycles. The Bertz CT molecular complexity index is 484. The maximum atomic E-state index is 11.6. The van der Waals surface area contributed by atoms with Crippen molar-refractivity contribution < 1.29 is 24.2 Å². The molecule has 0 heterocycles. The van der Waals surface area contributed by atoms with Crippen LogP contribution in [-0.4, -0.2) is 36.8 Å². The Kier molecular flexibility index (Phi) is 4.95. The predicted octanol–water partition coefficient (Wildman–Crippen LogP) is 1.52. The summed E-state index contributed by atoms with van der Waals surface area (Å²) in [5.74, 6) is -0.270. The first-order chi connectivity index (χ1) is 9.63. The summed E-state index contributed by atoms with van der Waals surface area (Å²) in [5.41, 5.74) is 0.549. The molecule has 20 heavy (non-hydrogen) atoms. The van der Waals surface area contributed by atoms with Gasteiger partial charge in [0.05, 0.1) is 6.61 Å². The highest BCUT2D eigenvalue weighted by molar-refractivity contribution is 5.91. The van der Waals surface area contributed by atoms with Crippen molar-refractivity contribution in [2.75, 3.05) is 25.1 Å². The number of hydrogen-bond acceptors (Lipinski definition) is 4. The van der Waals surface area contributed by atoms with Gasteiger partial charge in [-0.25, -0.2) is 4.79 Å². The van der Waals surface area contributed by atoms with Crippen molar-refractivity contribution in [2.45, 2.75) is 12.8 Å². The Hall–Kier alpha value is -2.08. The van der Waals surface area contributed by atoms with Crippen molar-refractivity contribution in [3.63, 3.8) is 0 Å². The summed E-state index contributed by atoms with van der Waals surface area (Å²) < 4.78 is 10.3. The molecule has 6 nitrogen and oxygen atoms in total. The molecule has 1 aliphatic rings. The Morgan fingerprint density at radius 1 is 1.30 bits per heavy atom. The van der Waals surface area contributed by atoms with Crippen molar-refractivity contribution in [1.29, 1.82) is 0 Å². The molecular formula is C14H17NO5. The molecule has 0 bridgehead atoms. The lowest BCUT2D eigenvalue weighted by molar-refractivity contribution is -0.139. The number of nitrogens with one attached hydrogen (secondary N) is 1. The van der Waals surface area contributed by atoms with Crippen LogP contribution in [0.5, 0.6) is 5.75 Å². The van der Waals surface area contributed by atoms with Gasteiger partial charge in [-0.05, 0) is 30.9 Å². The van der Waals surface area contributed by atoms with Crippen molar-refractivity contribution in [3.05, 3.63) is 24.3 Å². The second-order valence-corrected chi connectivity index (χ2v) is 4.72. The summed E-state index contributed by atoms with van der Waals surface area (Å²) in [6, 6.07) is 6.58. The number of amides is 1. The zero-order valence-electron chi connectivity index (χ0n) is 11.0. The van der Waals surface area contributed by atoms with Crippen LogP contribution in [-0.2, 0) is 14.3 Å². The average molecular weight is 279 g/mol. The largest absolute Gasteiger partial charge is 0.482 e. The molecule has 1 amide bonds. The molecule has 2 N–H and O–H groups in total. The molecule has 0 saturated heterocycles. The lowest BCUT2D eigenvalue weighted by Crippen LogP contribution is -2.19. The van der Waals surface area contributed by atoms with E-state index in [1.54, 1.807) is 24.3 Å². The lowest BCUT2D eigenvalue weighted by atomic mass is 10.3. The van der Waals surface area contributed by atoms with Crippen LogP contribution < -0.4 is 10.1 Å². The topological polar surface area (TPSA) is 84.9 Å². The maximum Gasteiger partial charge on any atom is 0.341 e. The highest BCUT2D eigenvalue weighted by Crippen LogP contribution is 2.28. The van der Waals surface area contributed by atoms with Crippen LogP contribution in [0.15, 0.2) is 24.3 Å². The highest BCUT2D eigenvalue weighted by Gasteiger charge is 2.21. The zero-order chi connectivity index (χ0) is 14.4. The molecule has 1 aliphatic carbocycles. The Balaban J connectivity index is 1.76. The van der Waals surface area contributed by atoms with Crippen LogP contribution in [0.1, 0.15) is 12.8 Å². The van der Waals surface area contributed by atoms with Crippen molar-refractivity contribution >= 4 is 17.6 Å². The number of aliphatic carboxylic acids is 1. The number of rotatable bonds is 8. The second kappa shape index (κ2) is 6.91. The van der Waals surface area contributed by atoms with Gasteiger partial charge < -0.3 is 19.9 Å². The number of anilines is 1. The first-order valence-electron chi connectivity index (χ1n) is 6.46. The quantitative estimate of drug-likeness (QED) is 0.753. The Morgan fingerprint density at radius 2 is 2.10 bits per heavy atom. The van der Waals surface area contributed by atoms with E-state index in [1.807, 2.05) is 0 Å². The van der Waals surface area contributed by atoms with Crippen LogP contribution in [0.25, 0.3) is 0 Å². The van der Waals surface area contributed by atoms with E-state index in [2.05, 4.69) is 5.32 Å². The fourth-order valence-corrected chi connectivity index (χ4v) is 1.61. The van der Waals surface area contributed by atoms with Gasteiger partial charge in [0.15, 0.2) is 6.61 Å². The molecular weight excluding hydrogens is 262 g/mol. The molecule has 1 fully saturated rings. The molecule has 0 aromatic heterocycles. The van der Waals surface area contributed by atoms with E-state index in [0.29, 0.717) is 24.0 Å². The minimum atomic E-state index is -1.05. The van der Waals surface area contributed by atoms with Gasteiger partial charge in [-0.3, -0.25) is 4.79 Å². The minimum absolute atomic E-state index is 0.0245. The molecule has 0 radical (unpaired) electrons. The molecule has 0 atom stereocenters. The maximum absolute atomic E-state index is 11.6. The Morgan fingerprint density at radius 3 is 2.80 bits per heavy atom. The number of ether oxygens (including phenoxy) is 2. The predicted molar refractivity (Wildman–Crippen MR) is 71.7 cm³/mol. The third-order valence-electron chi connectivity index (χ3n) is 2.76. The van der Waals surface area contributed by atoms with Gasteiger partial charge in [0.2, 0.25) is 5.91 Å². The number of carboxylic acid groups (broad SMARTS) is 1. The number of carbonyl (C=O) groups is 2. The molecule has 1 aromatic rings. The number of carboxylic acids is 1. The van der Waals surface area contributed by atoms with E-state index in [9.17, 15) is 9.59 Å². The van der Waals surface area contributed by atoms with Crippen LogP contribution in [0.3, 0.4) is 0 Å². The minimum Gasteiger partial charge on any atom is -0.482 e. The van der Waals surface area contributed by atoms with Gasteiger partial charge in [-0.2, -0.15) is 0 Å². The SMILES string of the molecule is O=C(O)COc1cccc(NC(=O)COCC2CC2)c1. The first kappa shape index (κ1) is 14.3. The summed E-state index contributed by atoms with van der Waals surface area (Å²) in [6.07, 6.45) is 2.37. The lowest BCUT2D eigenvalue weighted by Gasteiger charge is -2.08. The molecule has 2 rings (SSSR count). The summed E-state index contributed by atoms with van der Waals surface area (Å²) in [5, 5.41) is 11.2. The van der Waals surface area contributed by atoms with E-state index in [1.165, 1.54) is 12.8 Å². The summed E-state index contributed by atoms with van der Waals surface area (Å²) in [7, 11) is 0. The third kappa shape index (κ3) is 5.27. The molecule has 1 aromatic carbocycles. The van der Waals surface area contributed by atoms with Gasteiger partial charge in [-0.1, -0.05) is 6.07 Å². The normalized spacial score (nSPS) is 13.8. The van der Waals surface area contributed by atoms with E-state index >= 15 is 0 Å². The molecule has 6 heteroatoms. The second-order valence-electron chi connectivity index (χ2n) is 4.72. The number of carbonyl (C=O) groups excluding carboxylic acids is 1. The van der Waals surface area contributed by atoms with E-state index in [0.717, 1.165) is 0 Å². The number of benzene rings is 1. The highest BCUT2D eigenvalue weighted by atomic mass is 16.5. The van der Waals surface area contributed by atoms with Gasteiger partial charge in [0.1, 0.15) is 12.4 Å². The Labute approximate surface area is 116 Å². The van der Waals surface area contributed by atoms with Gasteiger partial charge in [0, 0.05) is 11.8 Å². The van der Waals surface area contributed by atoms with Crippen molar-refractivity contribution in [2.24, 2.45) is 5.92 Å². The van der Waals surface area contributed by atoms with Crippen LogP contribution in [0, 0.1) is 5.92 Å². The van der Waals surface area contributed by atoms with E-state index in [-0.39, 0.29) is 12.5 Å². The van der Waals surface area contributed by atoms with E-state index in [4.69, 9.17) is 14.6 Å². The fraction of sp³-hybridized carbons (Fsp3) is 0.429. The molecule has 0 spiro atoms. The van der Waals surface area contributed by atoms with Gasteiger partial charge in [0.25, 0.3) is 0 Å². The van der Waals surface area contributed by atoms with Crippen LogP contribution in [0.4, 0.5) is 5.69 Å². The summed E-state index contributed by atoms with van der Waals surface area (Å²) in [6.45, 7) is 0.244. The fourth-order valence-electron chi connectivity index (χ4n) is 1.61. The van der Waals surface area contributed by atoms with Crippen molar-refractivity contribution in [3.8, 4) is 5.75 Å².